The molecule has 0 spiro atoms. The molecule has 3 rings (SSSR count). The van der Waals surface area contributed by atoms with Crippen molar-refractivity contribution in [3.63, 3.8) is 0 Å². The summed E-state index contributed by atoms with van der Waals surface area (Å²) in [4.78, 5) is 2.07. The highest BCUT2D eigenvalue weighted by atomic mass is 32.1. The summed E-state index contributed by atoms with van der Waals surface area (Å²) in [6.07, 6.45) is 4.32. The predicted octanol–water partition coefficient (Wildman–Crippen LogP) is 2.33. The fraction of sp³-hybridized carbons (Fsp3) is 0.619. The third-order valence-electron chi connectivity index (χ3n) is 5.89. The first kappa shape index (κ1) is 20.7. The molecule has 5 nitrogen and oxygen atoms in total. The van der Waals surface area contributed by atoms with Crippen LogP contribution in [0.15, 0.2) is 23.8 Å². The van der Waals surface area contributed by atoms with Crippen molar-refractivity contribution in [2.24, 2.45) is 5.92 Å². The number of rotatable bonds is 5. The summed E-state index contributed by atoms with van der Waals surface area (Å²) in [5.74, 6) is 0.629. The lowest BCUT2D eigenvalue weighted by Crippen LogP contribution is -2.55. The molecule has 2 heterocycles. The summed E-state index contributed by atoms with van der Waals surface area (Å²) in [7, 11) is 0. The first-order valence-corrected chi connectivity index (χ1v) is 10.5. The van der Waals surface area contributed by atoms with Gasteiger partial charge in [0.2, 0.25) is 0 Å². The van der Waals surface area contributed by atoms with Crippen LogP contribution in [-0.2, 0) is 11.2 Å². The van der Waals surface area contributed by atoms with Crippen molar-refractivity contribution in [1.82, 2.24) is 0 Å². The van der Waals surface area contributed by atoms with Gasteiger partial charge in [-0.05, 0) is 49.3 Å². The van der Waals surface area contributed by atoms with E-state index in [1.54, 1.807) is 11.3 Å². The fourth-order valence-electron chi connectivity index (χ4n) is 3.77. The molecule has 4 N–H and O–H groups in total. The predicted molar refractivity (Wildman–Crippen MR) is 106 cm³/mol. The van der Waals surface area contributed by atoms with Gasteiger partial charge in [0.05, 0.1) is 6.61 Å². The van der Waals surface area contributed by atoms with E-state index >= 15 is 0 Å². The number of aliphatic hydroxyl groups excluding tert-OH is 4. The van der Waals surface area contributed by atoms with E-state index in [9.17, 15) is 20.4 Å². The maximum absolute atomic E-state index is 10.4. The third-order valence-corrected chi connectivity index (χ3v) is 7.34. The highest BCUT2D eigenvalue weighted by Crippen LogP contribution is 2.41. The zero-order valence-corrected chi connectivity index (χ0v) is 16.9. The first-order chi connectivity index (χ1) is 12.9. The van der Waals surface area contributed by atoms with Crippen molar-refractivity contribution < 1.29 is 25.2 Å². The van der Waals surface area contributed by atoms with E-state index in [4.69, 9.17) is 4.74 Å². The Morgan fingerprint density at radius 2 is 1.85 bits per heavy atom. The summed E-state index contributed by atoms with van der Waals surface area (Å²) < 4.78 is 5.76. The van der Waals surface area contributed by atoms with Gasteiger partial charge in [-0.15, -0.1) is 11.3 Å². The summed E-state index contributed by atoms with van der Waals surface area (Å²) in [5.41, 5.74) is 3.49. The van der Waals surface area contributed by atoms with Crippen molar-refractivity contribution in [3.05, 3.63) is 44.7 Å². The van der Waals surface area contributed by atoms with Gasteiger partial charge >= 0.3 is 0 Å². The lowest BCUT2D eigenvalue weighted by molar-refractivity contribution is -0.231. The van der Waals surface area contributed by atoms with Gasteiger partial charge in [-0.2, -0.15) is 0 Å². The molecule has 1 aromatic rings. The van der Waals surface area contributed by atoms with E-state index in [1.807, 2.05) is 6.92 Å². The largest absolute Gasteiger partial charge is 0.394 e. The first-order valence-electron chi connectivity index (χ1n) is 9.63. The Morgan fingerprint density at radius 3 is 2.44 bits per heavy atom. The number of ether oxygens (including phenoxy) is 1. The second-order valence-corrected chi connectivity index (χ2v) is 8.74. The molecule has 0 amide bonds. The van der Waals surface area contributed by atoms with Crippen LogP contribution in [0, 0.1) is 19.8 Å². The average molecular weight is 395 g/mol. The summed E-state index contributed by atoms with van der Waals surface area (Å²) in [6, 6.07) is 0. The van der Waals surface area contributed by atoms with E-state index in [-0.39, 0.29) is 0 Å². The molecular formula is C21H30O5S. The Kier molecular flexibility index (Phi) is 6.56. The standard InChI is InChI=1S/C21H30O5S/c1-4-13-5-7-14(8-6-13)9-16-11(2)12(3)21(27-16)20-19(25)18(24)17(23)15(10-22)26-20/h5,7-8,13,15,17-20,22-25H,4,6,9-10H2,1-3H3. The van der Waals surface area contributed by atoms with Crippen molar-refractivity contribution >= 4 is 11.3 Å². The summed E-state index contributed by atoms with van der Waals surface area (Å²) in [5, 5.41) is 40.0. The normalized spacial score (nSPS) is 34.0. The van der Waals surface area contributed by atoms with Crippen molar-refractivity contribution in [2.75, 3.05) is 6.61 Å². The monoisotopic (exact) mass is 394 g/mol. The molecule has 6 atom stereocenters. The van der Waals surface area contributed by atoms with Crippen LogP contribution in [0.1, 0.15) is 46.8 Å². The van der Waals surface area contributed by atoms with Crippen LogP contribution < -0.4 is 0 Å². The van der Waals surface area contributed by atoms with Crippen LogP contribution in [0.4, 0.5) is 0 Å². The van der Waals surface area contributed by atoms with E-state index in [0.29, 0.717) is 5.92 Å². The molecule has 150 valence electrons. The van der Waals surface area contributed by atoms with E-state index < -0.39 is 37.1 Å². The molecule has 2 aliphatic rings. The minimum absolute atomic E-state index is 0.409. The second kappa shape index (κ2) is 8.55. The smallest absolute Gasteiger partial charge is 0.121 e. The Hall–Kier alpha value is -1.02. The zero-order chi connectivity index (χ0) is 19.7. The molecule has 1 aliphatic carbocycles. The van der Waals surface area contributed by atoms with Gasteiger partial charge in [0.15, 0.2) is 0 Å². The number of hydrogen-bond donors (Lipinski definition) is 4. The molecule has 27 heavy (non-hydrogen) atoms. The second-order valence-electron chi connectivity index (χ2n) is 7.61. The minimum atomic E-state index is -1.35. The summed E-state index contributed by atoms with van der Waals surface area (Å²) in [6.45, 7) is 5.85. The van der Waals surface area contributed by atoms with Crippen LogP contribution in [-0.4, -0.2) is 51.4 Å². The highest BCUT2D eigenvalue weighted by molar-refractivity contribution is 7.12. The van der Waals surface area contributed by atoms with Crippen molar-refractivity contribution in [2.45, 2.75) is 70.6 Å². The van der Waals surface area contributed by atoms with Gasteiger partial charge < -0.3 is 25.2 Å². The molecule has 0 aromatic carbocycles. The SMILES string of the molecule is CCC1C=CC(Cc2sc(C3OC(CO)C(O)C(O)C3O)c(C)c2C)=CC1. The van der Waals surface area contributed by atoms with E-state index in [0.717, 1.165) is 29.7 Å². The van der Waals surface area contributed by atoms with Gasteiger partial charge in [0.25, 0.3) is 0 Å². The molecule has 1 aromatic heterocycles. The van der Waals surface area contributed by atoms with Crippen LogP contribution in [0.5, 0.6) is 0 Å². The van der Waals surface area contributed by atoms with Crippen LogP contribution in [0.3, 0.4) is 0 Å². The lowest BCUT2D eigenvalue weighted by Gasteiger charge is -2.40. The van der Waals surface area contributed by atoms with Gasteiger partial charge in [0, 0.05) is 16.2 Å². The third kappa shape index (κ3) is 4.06. The molecule has 1 fully saturated rings. The molecule has 0 radical (unpaired) electrons. The van der Waals surface area contributed by atoms with Gasteiger partial charge in [-0.3, -0.25) is 0 Å². The molecule has 0 bridgehead atoms. The Balaban J connectivity index is 1.83. The average Bonchev–Trinajstić information content (AvgIpc) is 2.95. The summed E-state index contributed by atoms with van der Waals surface area (Å²) >= 11 is 1.58. The van der Waals surface area contributed by atoms with Crippen LogP contribution in [0.2, 0.25) is 0 Å². The van der Waals surface area contributed by atoms with Crippen LogP contribution in [0.25, 0.3) is 0 Å². The Labute approximate surface area is 164 Å². The topological polar surface area (TPSA) is 90.2 Å². The van der Waals surface area contributed by atoms with Gasteiger partial charge in [-0.1, -0.05) is 25.2 Å². The van der Waals surface area contributed by atoms with E-state index in [1.165, 1.54) is 16.0 Å². The van der Waals surface area contributed by atoms with Crippen molar-refractivity contribution in [3.8, 4) is 0 Å². The molecular weight excluding hydrogens is 364 g/mol. The Morgan fingerprint density at radius 1 is 1.11 bits per heavy atom. The van der Waals surface area contributed by atoms with E-state index in [2.05, 4.69) is 32.1 Å². The zero-order valence-electron chi connectivity index (χ0n) is 16.1. The fourth-order valence-corrected chi connectivity index (χ4v) is 5.19. The molecule has 6 heteroatoms. The molecule has 1 aliphatic heterocycles. The maximum Gasteiger partial charge on any atom is 0.121 e. The number of thiophene rings is 1. The molecule has 0 saturated carbocycles. The number of hydrogen-bond acceptors (Lipinski definition) is 6. The van der Waals surface area contributed by atoms with Crippen LogP contribution >= 0.6 is 11.3 Å². The lowest BCUT2D eigenvalue weighted by atomic mass is 9.91. The maximum atomic E-state index is 10.4. The number of allylic oxidation sites excluding steroid dienone is 4. The number of aliphatic hydroxyl groups is 4. The van der Waals surface area contributed by atoms with Gasteiger partial charge in [0.1, 0.15) is 30.5 Å². The Bertz CT molecular complexity index is 720. The van der Waals surface area contributed by atoms with Gasteiger partial charge in [-0.25, -0.2) is 0 Å². The quantitative estimate of drug-likeness (QED) is 0.615. The minimum Gasteiger partial charge on any atom is -0.394 e. The molecule has 1 saturated heterocycles. The molecule has 6 unspecified atom stereocenters. The van der Waals surface area contributed by atoms with Crippen molar-refractivity contribution in [1.29, 1.82) is 0 Å². The highest BCUT2D eigenvalue weighted by Gasteiger charge is 2.45.